The topological polar surface area (TPSA) is 64.6 Å². The minimum absolute atomic E-state index is 0.302. The Balaban J connectivity index is 1.70. The molecule has 0 aliphatic carbocycles. The molecule has 20 heavy (non-hydrogen) atoms. The van der Waals surface area contributed by atoms with E-state index in [1.165, 1.54) is 0 Å². The Hall–Kier alpha value is -1.59. The molecule has 0 spiro atoms. The summed E-state index contributed by atoms with van der Waals surface area (Å²) in [4.78, 5) is 23.1. The van der Waals surface area contributed by atoms with Gasteiger partial charge in [0.25, 0.3) is 5.91 Å². The van der Waals surface area contributed by atoms with Crippen molar-refractivity contribution in [2.24, 2.45) is 0 Å². The van der Waals surface area contributed by atoms with Crippen LogP contribution in [0.4, 0.5) is 0 Å². The molecule has 1 saturated heterocycles. The van der Waals surface area contributed by atoms with E-state index in [0.717, 1.165) is 12.0 Å². The molecular weight excluding hydrogens is 282 g/mol. The van der Waals surface area contributed by atoms with E-state index in [1.807, 2.05) is 18.2 Å². The van der Waals surface area contributed by atoms with Crippen molar-refractivity contribution in [3.63, 3.8) is 0 Å². The van der Waals surface area contributed by atoms with E-state index < -0.39 is 12.1 Å². The molecule has 2 rings (SSSR count). The molecule has 1 aromatic carbocycles. The lowest BCUT2D eigenvalue weighted by Crippen LogP contribution is -2.31. The lowest BCUT2D eigenvalue weighted by atomic mass is 10.2. The molecule has 108 valence electrons. The van der Waals surface area contributed by atoms with E-state index in [9.17, 15) is 9.59 Å². The summed E-state index contributed by atoms with van der Waals surface area (Å²) in [5, 5.41) is 3.23. The molecule has 1 atom stereocenters. The molecule has 1 amide bonds. The Kier molecular flexibility index (Phi) is 5.38. The predicted octanol–water partition coefficient (Wildman–Crippen LogP) is 1.68. The van der Waals surface area contributed by atoms with Crippen molar-refractivity contribution in [2.45, 2.75) is 25.5 Å². The lowest BCUT2D eigenvalue weighted by molar-refractivity contribution is -0.157. The molecule has 0 unspecified atom stereocenters. The number of hydrogen-bond donors (Lipinski definition) is 1. The fourth-order valence-corrected chi connectivity index (χ4v) is 2.08. The molecule has 0 saturated carbocycles. The van der Waals surface area contributed by atoms with Crippen LogP contribution >= 0.6 is 11.6 Å². The molecule has 1 aromatic rings. The number of carbonyl (C=O) groups excluding carboxylic acids is 2. The Bertz CT molecular complexity index is 486. The molecule has 1 aliphatic rings. The second-order valence-corrected chi connectivity index (χ2v) is 4.88. The second kappa shape index (κ2) is 7.26. The Morgan fingerprint density at radius 1 is 1.40 bits per heavy atom. The van der Waals surface area contributed by atoms with Crippen LogP contribution in [-0.2, 0) is 25.6 Å². The zero-order valence-electron chi connectivity index (χ0n) is 10.9. The molecule has 0 radical (unpaired) electrons. The van der Waals surface area contributed by atoms with Crippen molar-refractivity contribution in [3.8, 4) is 0 Å². The first kappa shape index (κ1) is 14.8. The van der Waals surface area contributed by atoms with Crippen LogP contribution in [0.3, 0.4) is 0 Å². The number of halogens is 1. The van der Waals surface area contributed by atoms with Gasteiger partial charge in [0.2, 0.25) is 0 Å². The fraction of sp³-hybridized carbons (Fsp3) is 0.429. The maximum Gasteiger partial charge on any atom is 0.335 e. The highest BCUT2D eigenvalue weighted by atomic mass is 35.5. The van der Waals surface area contributed by atoms with Crippen molar-refractivity contribution >= 4 is 23.5 Å². The van der Waals surface area contributed by atoms with Gasteiger partial charge in [-0.15, -0.1) is 0 Å². The van der Waals surface area contributed by atoms with Crippen LogP contribution in [0.2, 0.25) is 5.02 Å². The van der Waals surface area contributed by atoms with Crippen LogP contribution in [-0.4, -0.2) is 31.2 Å². The van der Waals surface area contributed by atoms with Crippen molar-refractivity contribution in [1.82, 2.24) is 5.32 Å². The third-order valence-electron chi connectivity index (χ3n) is 2.97. The minimum Gasteiger partial charge on any atom is -0.454 e. The van der Waals surface area contributed by atoms with Crippen molar-refractivity contribution in [1.29, 1.82) is 0 Å². The summed E-state index contributed by atoms with van der Waals surface area (Å²) in [6.07, 6.45) is 0.977. The van der Waals surface area contributed by atoms with Gasteiger partial charge in [-0.2, -0.15) is 0 Å². The highest BCUT2D eigenvalue weighted by molar-refractivity contribution is 6.31. The number of hydrogen-bond acceptors (Lipinski definition) is 4. The maximum atomic E-state index is 11.6. The molecule has 0 bridgehead atoms. The third-order valence-corrected chi connectivity index (χ3v) is 3.34. The number of ether oxygens (including phenoxy) is 2. The fourth-order valence-electron chi connectivity index (χ4n) is 1.88. The van der Waals surface area contributed by atoms with Crippen LogP contribution in [0.25, 0.3) is 0 Å². The maximum absolute atomic E-state index is 11.6. The number of benzene rings is 1. The molecule has 1 fully saturated rings. The van der Waals surface area contributed by atoms with Gasteiger partial charge in [0.15, 0.2) is 12.7 Å². The van der Waals surface area contributed by atoms with Gasteiger partial charge in [-0.1, -0.05) is 29.8 Å². The van der Waals surface area contributed by atoms with E-state index in [4.69, 9.17) is 21.1 Å². The first-order valence-corrected chi connectivity index (χ1v) is 6.83. The van der Waals surface area contributed by atoms with Gasteiger partial charge in [-0.25, -0.2) is 4.79 Å². The van der Waals surface area contributed by atoms with E-state index in [-0.39, 0.29) is 12.5 Å². The van der Waals surface area contributed by atoms with E-state index in [2.05, 4.69) is 5.32 Å². The first-order chi connectivity index (χ1) is 9.66. The summed E-state index contributed by atoms with van der Waals surface area (Å²) in [6.45, 7) is 0.567. The molecule has 6 heteroatoms. The van der Waals surface area contributed by atoms with Gasteiger partial charge in [0.05, 0.1) is 0 Å². The molecule has 1 N–H and O–H groups in total. The summed E-state index contributed by atoms with van der Waals surface area (Å²) in [7, 11) is 0. The van der Waals surface area contributed by atoms with Gasteiger partial charge in [0.1, 0.15) is 0 Å². The highest BCUT2D eigenvalue weighted by Gasteiger charge is 2.25. The Morgan fingerprint density at radius 2 is 2.20 bits per heavy atom. The van der Waals surface area contributed by atoms with Crippen LogP contribution in [0.15, 0.2) is 24.3 Å². The van der Waals surface area contributed by atoms with Crippen LogP contribution in [0.5, 0.6) is 0 Å². The number of nitrogens with one attached hydrogen (secondary N) is 1. The number of amides is 1. The van der Waals surface area contributed by atoms with Gasteiger partial charge >= 0.3 is 5.97 Å². The average molecular weight is 298 g/mol. The largest absolute Gasteiger partial charge is 0.454 e. The number of rotatable bonds is 5. The summed E-state index contributed by atoms with van der Waals surface area (Å²) in [6, 6.07) is 7.23. The van der Waals surface area contributed by atoms with Gasteiger partial charge in [-0.3, -0.25) is 4.79 Å². The number of esters is 1. The zero-order chi connectivity index (χ0) is 14.4. The summed E-state index contributed by atoms with van der Waals surface area (Å²) in [5.41, 5.74) is 0.813. The van der Waals surface area contributed by atoms with Crippen LogP contribution in [0, 0.1) is 0 Å². The van der Waals surface area contributed by atoms with Gasteiger partial charge < -0.3 is 14.8 Å². The SMILES string of the molecule is O=C(COC(=O)[C@H]1CCCO1)NCc1ccccc1Cl. The van der Waals surface area contributed by atoms with Crippen molar-refractivity contribution in [2.75, 3.05) is 13.2 Å². The molecule has 5 nitrogen and oxygen atoms in total. The van der Waals surface area contributed by atoms with Crippen molar-refractivity contribution < 1.29 is 19.1 Å². The zero-order valence-corrected chi connectivity index (χ0v) is 11.7. The minimum atomic E-state index is -0.522. The van der Waals surface area contributed by atoms with Gasteiger partial charge in [0, 0.05) is 18.2 Å². The molecule has 0 aromatic heterocycles. The molecule has 1 heterocycles. The van der Waals surface area contributed by atoms with Crippen LogP contribution < -0.4 is 5.32 Å². The molecular formula is C14H16ClNO4. The number of carbonyl (C=O) groups is 2. The standard InChI is InChI=1S/C14H16ClNO4/c15-11-5-2-1-4-10(11)8-16-13(17)9-20-14(18)12-6-3-7-19-12/h1-2,4-5,12H,3,6-9H2,(H,16,17)/t12-/m1/s1. The van der Waals surface area contributed by atoms with E-state index >= 15 is 0 Å². The van der Waals surface area contributed by atoms with Gasteiger partial charge in [-0.05, 0) is 24.5 Å². The summed E-state index contributed by atoms with van der Waals surface area (Å²) in [5.74, 6) is -0.841. The smallest absolute Gasteiger partial charge is 0.335 e. The average Bonchev–Trinajstić information content (AvgIpc) is 2.98. The summed E-state index contributed by atoms with van der Waals surface area (Å²) >= 11 is 5.97. The van der Waals surface area contributed by atoms with Crippen LogP contribution in [0.1, 0.15) is 18.4 Å². The monoisotopic (exact) mass is 297 g/mol. The van der Waals surface area contributed by atoms with E-state index in [1.54, 1.807) is 6.07 Å². The normalized spacial score (nSPS) is 17.8. The Morgan fingerprint density at radius 3 is 2.90 bits per heavy atom. The molecule has 1 aliphatic heterocycles. The predicted molar refractivity (Wildman–Crippen MR) is 73.2 cm³/mol. The summed E-state index contributed by atoms with van der Waals surface area (Å²) < 4.78 is 10.1. The van der Waals surface area contributed by atoms with Crippen molar-refractivity contribution in [3.05, 3.63) is 34.9 Å². The first-order valence-electron chi connectivity index (χ1n) is 6.45. The highest BCUT2D eigenvalue weighted by Crippen LogP contribution is 2.14. The lowest BCUT2D eigenvalue weighted by Gasteiger charge is -2.10. The second-order valence-electron chi connectivity index (χ2n) is 4.48. The third kappa shape index (κ3) is 4.21. The Labute approximate surface area is 122 Å². The quantitative estimate of drug-likeness (QED) is 0.840. The van der Waals surface area contributed by atoms with E-state index in [0.29, 0.717) is 24.6 Å².